The molecular weight excluding hydrogens is 510 g/mol. The molecule has 0 spiro atoms. The summed E-state index contributed by atoms with van der Waals surface area (Å²) in [6.45, 7) is 8.43. The third kappa shape index (κ3) is 6.85. The monoisotopic (exact) mass is 543 g/mol. The summed E-state index contributed by atoms with van der Waals surface area (Å²) in [6.07, 6.45) is 2.17. The molecule has 0 bridgehead atoms. The molecule has 0 aliphatic carbocycles. The lowest BCUT2D eigenvalue weighted by molar-refractivity contribution is -0.130. The number of carbonyl (C=O) groups excluding carboxylic acids is 1. The maximum Gasteiger partial charge on any atom is 0.221 e. The van der Waals surface area contributed by atoms with Crippen LogP contribution in [0.5, 0.6) is 11.5 Å². The highest BCUT2D eigenvalue weighted by atomic mass is 32.2. The van der Waals surface area contributed by atoms with Gasteiger partial charge in [-0.2, -0.15) is 4.98 Å². The van der Waals surface area contributed by atoms with Crippen LogP contribution >= 0.6 is 23.1 Å². The van der Waals surface area contributed by atoms with Gasteiger partial charge in [-0.05, 0) is 43.7 Å². The maximum absolute atomic E-state index is 11.7. The molecule has 1 amide bonds. The van der Waals surface area contributed by atoms with Crippen LogP contribution in [0.4, 0.5) is 11.8 Å². The molecule has 0 radical (unpaired) electrons. The van der Waals surface area contributed by atoms with Crippen molar-refractivity contribution in [3.8, 4) is 21.9 Å². The van der Waals surface area contributed by atoms with E-state index in [-0.39, 0.29) is 17.3 Å². The molecule has 37 heavy (non-hydrogen) atoms. The van der Waals surface area contributed by atoms with E-state index in [4.69, 9.17) is 25.7 Å². The Kier molecular flexibility index (Phi) is 9.12. The van der Waals surface area contributed by atoms with Crippen molar-refractivity contribution in [1.29, 1.82) is 0 Å². The SMILES string of the molecule is CCOc1cc(Cc2cnc(N)nc2N)cc(OCC)c1-c1ccc(COC2CN(C(C)=O)CCS2)s1. The summed E-state index contributed by atoms with van der Waals surface area (Å²) in [7, 11) is 0. The van der Waals surface area contributed by atoms with Crippen LogP contribution in [0.15, 0.2) is 30.5 Å². The highest BCUT2D eigenvalue weighted by Gasteiger charge is 2.23. The number of anilines is 2. The number of thiophene rings is 1. The fourth-order valence-corrected chi connectivity index (χ4v) is 6.11. The van der Waals surface area contributed by atoms with E-state index in [2.05, 4.69) is 22.1 Å². The fourth-order valence-electron chi connectivity index (χ4n) is 4.09. The van der Waals surface area contributed by atoms with Gasteiger partial charge >= 0.3 is 0 Å². The summed E-state index contributed by atoms with van der Waals surface area (Å²) in [5.74, 6) is 2.97. The minimum absolute atomic E-state index is 0.0230. The molecule has 1 saturated heterocycles. The second kappa shape index (κ2) is 12.5. The van der Waals surface area contributed by atoms with Crippen molar-refractivity contribution in [3.63, 3.8) is 0 Å². The number of nitrogen functional groups attached to an aromatic ring is 2. The zero-order valence-electron chi connectivity index (χ0n) is 21.4. The predicted octanol–water partition coefficient (Wildman–Crippen LogP) is 4.20. The van der Waals surface area contributed by atoms with Crippen LogP contribution in [0.2, 0.25) is 0 Å². The number of thioether (sulfide) groups is 1. The summed E-state index contributed by atoms with van der Waals surface area (Å²) < 4.78 is 18.3. The van der Waals surface area contributed by atoms with Crippen LogP contribution in [-0.4, -0.2) is 58.3 Å². The Labute approximate surface area is 225 Å². The smallest absolute Gasteiger partial charge is 0.221 e. The number of ether oxygens (including phenoxy) is 3. The molecule has 0 saturated carbocycles. The van der Waals surface area contributed by atoms with Crippen LogP contribution in [-0.2, 0) is 22.6 Å². The van der Waals surface area contributed by atoms with E-state index in [0.717, 1.165) is 50.2 Å². The fraction of sp³-hybridized carbons (Fsp3) is 0.423. The standard InChI is InChI=1S/C26H33N5O4S2/c1-4-33-20-11-17(10-18-13-29-26(28)30-25(18)27)12-21(34-5-2)24(20)22-7-6-19(37-22)15-35-23-14-31(16(3)32)8-9-36-23/h6-7,11-13,23H,4-5,8-10,14-15H2,1-3H3,(H4,27,28,29,30). The highest BCUT2D eigenvalue weighted by molar-refractivity contribution is 7.99. The summed E-state index contributed by atoms with van der Waals surface area (Å²) in [6, 6.07) is 8.18. The van der Waals surface area contributed by atoms with Gasteiger partial charge in [-0.3, -0.25) is 4.79 Å². The number of nitrogens with two attached hydrogens (primary N) is 2. The Hall–Kier alpha value is -3.02. The average Bonchev–Trinajstić information content (AvgIpc) is 3.33. The molecular formula is C26H33N5O4S2. The molecule has 3 heterocycles. The second-order valence-electron chi connectivity index (χ2n) is 8.49. The van der Waals surface area contributed by atoms with Crippen LogP contribution in [0, 0.1) is 0 Å². The quantitative estimate of drug-likeness (QED) is 0.387. The molecule has 1 aromatic carbocycles. The number of benzene rings is 1. The summed E-state index contributed by atoms with van der Waals surface area (Å²) in [4.78, 5) is 23.8. The van der Waals surface area contributed by atoms with E-state index in [1.165, 1.54) is 0 Å². The van der Waals surface area contributed by atoms with E-state index in [1.807, 2.05) is 30.9 Å². The van der Waals surface area contributed by atoms with Crippen LogP contribution in [0.1, 0.15) is 36.8 Å². The van der Waals surface area contributed by atoms with Crippen molar-refractivity contribution < 1.29 is 19.0 Å². The molecule has 2 aromatic heterocycles. The maximum atomic E-state index is 11.7. The van der Waals surface area contributed by atoms with Crippen molar-refractivity contribution >= 4 is 40.8 Å². The zero-order chi connectivity index (χ0) is 26.4. The minimum Gasteiger partial charge on any atom is -0.493 e. The van der Waals surface area contributed by atoms with E-state index in [9.17, 15) is 4.79 Å². The van der Waals surface area contributed by atoms with Crippen molar-refractivity contribution in [2.24, 2.45) is 0 Å². The van der Waals surface area contributed by atoms with E-state index in [1.54, 1.807) is 36.2 Å². The van der Waals surface area contributed by atoms with E-state index < -0.39 is 0 Å². The first kappa shape index (κ1) is 27.0. The number of nitrogens with zero attached hydrogens (tertiary/aromatic N) is 3. The molecule has 4 rings (SSSR count). The number of hydrogen-bond donors (Lipinski definition) is 2. The van der Waals surface area contributed by atoms with Crippen molar-refractivity contribution in [2.75, 3.05) is 43.5 Å². The van der Waals surface area contributed by atoms with Gasteiger partial charge in [-0.25, -0.2) is 4.98 Å². The van der Waals surface area contributed by atoms with E-state index in [0.29, 0.717) is 38.6 Å². The van der Waals surface area contributed by atoms with Gasteiger partial charge in [0.2, 0.25) is 11.9 Å². The molecule has 1 unspecified atom stereocenters. The Morgan fingerprint density at radius 3 is 2.54 bits per heavy atom. The van der Waals surface area contributed by atoms with Gasteiger partial charge < -0.3 is 30.6 Å². The van der Waals surface area contributed by atoms with Gasteiger partial charge in [0, 0.05) is 47.2 Å². The second-order valence-corrected chi connectivity index (χ2v) is 10.9. The normalized spacial score (nSPS) is 15.5. The summed E-state index contributed by atoms with van der Waals surface area (Å²) >= 11 is 3.40. The molecule has 1 aliphatic rings. The van der Waals surface area contributed by atoms with Gasteiger partial charge in [0.15, 0.2) is 0 Å². The lowest BCUT2D eigenvalue weighted by atomic mass is 10.0. The number of rotatable bonds is 10. The first-order chi connectivity index (χ1) is 17.9. The van der Waals surface area contributed by atoms with Gasteiger partial charge in [-0.1, -0.05) is 0 Å². The molecule has 3 aromatic rings. The van der Waals surface area contributed by atoms with Gasteiger partial charge in [0.25, 0.3) is 0 Å². The molecule has 198 valence electrons. The van der Waals surface area contributed by atoms with E-state index >= 15 is 0 Å². The Bertz CT molecular complexity index is 1210. The molecule has 1 atom stereocenters. The average molecular weight is 544 g/mol. The lowest BCUT2D eigenvalue weighted by Gasteiger charge is -2.31. The highest BCUT2D eigenvalue weighted by Crippen LogP contribution is 2.43. The number of hydrogen-bond acceptors (Lipinski definition) is 10. The number of carbonyl (C=O) groups is 1. The molecule has 1 fully saturated rings. The Morgan fingerprint density at radius 1 is 1.16 bits per heavy atom. The van der Waals surface area contributed by atoms with Crippen LogP contribution in [0.25, 0.3) is 10.4 Å². The number of amides is 1. The van der Waals surface area contributed by atoms with Gasteiger partial charge in [-0.15, -0.1) is 23.1 Å². The van der Waals surface area contributed by atoms with Crippen molar-refractivity contribution in [2.45, 2.75) is 39.2 Å². The van der Waals surface area contributed by atoms with Crippen LogP contribution < -0.4 is 20.9 Å². The Balaban J connectivity index is 1.57. The minimum atomic E-state index is -0.0230. The molecule has 11 heteroatoms. The van der Waals surface area contributed by atoms with Gasteiger partial charge in [0.05, 0.1) is 31.9 Å². The van der Waals surface area contributed by atoms with Gasteiger partial charge in [0.1, 0.15) is 22.8 Å². The first-order valence-electron chi connectivity index (χ1n) is 12.2. The van der Waals surface area contributed by atoms with Crippen molar-refractivity contribution in [1.82, 2.24) is 14.9 Å². The summed E-state index contributed by atoms with van der Waals surface area (Å²) in [5.41, 5.74) is 14.4. The number of aromatic nitrogens is 2. The molecule has 9 nitrogen and oxygen atoms in total. The topological polar surface area (TPSA) is 126 Å². The largest absolute Gasteiger partial charge is 0.493 e. The molecule has 4 N–H and O–H groups in total. The predicted molar refractivity (Wildman–Crippen MR) is 149 cm³/mol. The lowest BCUT2D eigenvalue weighted by Crippen LogP contribution is -2.41. The zero-order valence-corrected chi connectivity index (χ0v) is 23.0. The Morgan fingerprint density at radius 2 is 1.89 bits per heavy atom. The third-order valence-corrected chi connectivity index (χ3v) is 7.99. The summed E-state index contributed by atoms with van der Waals surface area (Å²) in [5, 5.41) is 0. The third-order valence-electron chi connectivity index (χ3n) is 5.84. The first-order valence-corrected chi connectivity index (χ1v) is 14.1. The molecule has 1 aliphatic heterocycles. The van der Waals surface area contributed by atoms with Crippen LogP contribution in [0.3, 0.4) is 0 Å². The van der Waals surface area contributed by atoms with Crippen molar-refractivity contribution in [3.05, 3.63) is 46.5 Å².